The van der Waals surface area contributed by atoms with E-state index in [2.05, 4.69) is 30.1 Å². The summed E-state index contributed by atoms with van der Waals surface area (Å²) in [6.07, 6.45) is 2.02. The number of benzene rings is 2. The van der Waals surface area contributed by atoms with Crippen LogP contribution in [0.25, 0.3) is 11.1 Å². The molecule has 2 heteroatoms. The molecule has 0 bridgehead atoms. The molecule has 1 aliphatic heterocycles. The lowest BCUT2D eigenvalue weighted by Gasteiger charge is -2.39. The molecule has 1 heterocycles. The first-order chi connectivity index (χ1) is 9.25. The van der Waals surface area contributed by atoms with Crippen LogP contribution in [0.2, 0.25) is 0 Å². The number of hydrogen-bond donors (Lipinski definition) is 0. The maximum atomic E-state index is 14.4. The van der Waals surface area contributed by atoms with Gasteiger partial charge in [0.25, 0.3) is 0 Å². The molecule has 0 saturated heterocycles. The van der Waals surface area contributed by atoms with Gasteiger partial charge in [0.15, 0.2) is 0 Å². The average Bonchev–Trinajstić information content (AvgIpc) is 2.44. The van der Waals surface area contributed by atoms with Crippen molar-refractivity contribution in [3.63, 3.8) is 0 Å². The van der Waals surface area contributed by atoms with Crippen LogP contribution in [0.3, 0.4) is 0 Å². The van der Waals surface area contributed by atoms with Crippen molar-refractivity contribution in [3.05, 3.63) is 58.9 Å². The highest BCUT2D eigenvalue weighted by Gasteiger charge is 2.33. The Hall–Kier alpha value is -1.67. The summed E-state index contributed by atoms with van der Waals surface area (Å²) in [4.78, 5) is 2.36. The van der Waals surface area contributed by atoms with Crippen LogP contribution in [0.15, 0.2) is 36.4 Å². The molecule has 19 heavy (non-hydrogen) atoms. The predicted molar refractivity (Wildman–Crippen MR) is 74.6 cm³/mol. The third-order valence-corrected chi connectivity index (χ3v) is 4.58. The minimum atomic E-state index is -0.0776. The summed E-state index contributed by atoms with van der Waals surface area (Å²) in [7, 11) is 2.15. The van der Waals surface area contributed by atoms with Gasteiger partial charge in [0.05, 0.1) is 0 Å². The summed E-state index contributed by atoms with van der Waals surface area (Å²) in [5, 5.41) is 0. The fraction of sp³-hybridized carbons (Fsp3) is 0.294. The summed E-state index contributed by atoms with van der Waals surface area (Å²) in [6.45, 7) is 1.06. The van der Waals surface area contributed by atoms with Crippen LogP contribution in [0.1, 0.15) is 22.7 Å². The number of fused-ring (bicyclic) bond motifs is 2. The maximum absolute atomic E-state index is 14.4. The van der Waals surface area contributed by atoms with Crippen LogP contribution in [0.5, 0.6) is 0 Å². The Morgan fingerprint density at radius 1 is 1.11 bits per heavy atom. The van der Waals surface area contributed by atoms with E-state index in [1.165, 1.54) is 16.7 Å². The molecule has 4 rings (SSSR count). The average molecular weight is 253 g/mol. The van der Waals surface area contributed by atoms with Gasteiger partial charge in [-0.2, -0.15) is 0 Å². The first kappa shape index (κ1) is 11.2. The summed E-state index contributed by atoms with van der Waals surface area (Å²) in [6, 6.07) is 12.2. The van der Waals surface area contributed by atoms with Gasteiger partial charge in [-0.3, -0.25) is 4.90 Å². The number of rotatable bonds is 0. The SMILES string of the molecule is CN1CCc2ccc(F)c3c2C1Cc1ccccc1-3. The highest BCUT2D eigenvalue weighted by atomic mass is 19.1. The van der Waals surface area contributed by atoms with Crippen molar-refractivity contribution < 1.29 is 4.39 Å². The number of nitrogens with zero attached hydrogens (tertiary/aromatic N) is 1. The molecular formula is C17H16FN. The van der Waals surface area contributed by atoms with E-state index >= 15 is 0 Å². The van der Waals surface area contributed by atoms with Crippen molar-refractivity contribution in [2.75, 3.05) is 13.6 Å². The quantitative estimate of drug-likeness (QED) is 0.693. The zero-order chi connectivity index (χ0) is 13.0. The van der Waals surface area contributed by atoms with E-state index < -0.39 is 0 Å². The van der Waals surface area contributed by atoms with E-state index in [4.69, 9.17) is 0 Å². The molecule has 96 valence electrons. The number of hydrogen-bond acceptors (Lipinski definition) is 1. The van der Waals surface area contributed by atoms with Crippen molar-refractivity contribution in [1.29, 1.82) is 0 Å². The van der Waals surface area contributed by atoms with Crippen LogP contribution in [-0.2, 0) is 12.8 Å². The monoisotopic (exact) mass is 253 g/mol. The van der Waals surface area contributed by atoms with Gasteiger partial charge in [-0.05, 0) is 48.2 Å². The Labute approximate surface area is 112 Å². The Balaban J connectivity index is 2.07. The second kappa shape index (κ2) is 3.91. The van der Waals surface area contributed by atoms with Gasteiger partial charge in [0.1, 0.15) is 5.82 Å². The smallest absolute Gasteiger partial charge is 0.131 e. The van der Waals surface area contributed by atoms with Gasteiger partial charge in [-0.15, -0.1) is 0 Å². The van der Waals surface area contributed by atoms with Gasteiger partial charge in [0.2, 0.25) is 0 Å². The van der Waals surface area contributed by atoms with Crippen LogP contribution in [0.4, 0.5) is 4.39 Å². The summed E-state index contributed by atoms with van der Waals surface area (Å²) < 4.78 is 14.4. The largest absolute Gasteiger partial charge is 0.299 e. The van der Waals surface area contributed by atoms with E-state index in [-0.39, 0.29) is 5.82 Å². The molecule has 2 aromatic carbocycles. The van der Waals surface area contributed by atoms with Crippen molar-refractivity contribution in [2.24, 2.45) is 0 Å². The molecule has 0 saturated carbocycles. The lowest BCUT2D eigenvalue weighted by molar-refractivity contribution is 0.227. The molecule has 0 N–H and O–H groups in total. The third-order valence-electron chi connectivity index (χ3n) is 4.58. The van der Waals surface area contributed by atoms with E-state index in [0.29, 0.717) is 6.04 Å². The molecule has 1 atom stereocenters. The minimum Gasteiger partial charge on any atom is -0.299 e. The maximum Gasteiger partial charge on any atom is 0.131 e. The normalized spacial score (nSPS) is 20.8. The summed E-state index contributed by atoms with van der Waals surface area (Å²) in [5.74, 6) is -0.0776. The molecule has 2 aromatic rings. The zero-order valence-electron chi connectivity index (χ0n) is 11.0. The Bertz CT molecular complexity index is 662. The second-order valence-corrected chi connectivity index (χ2v) is 5.60. The molecule has 1 aliphatic carbocycles. The van der Waals surface area contributed by atoms with Crippen LogP contribution in [-0.4, -0.2) is 18.5 Å². The standard InChI is InChI=1S/C17H16FN/c1-19-9-8-11-6-7-14(18)17-13-5-3-2-4-12(13)10-15(19)16(11)17/h2-7,15H,8-10H2,1H3. The molecular weight excluding hydrogens is 237 g/mol. The van der Waals surface area contributed by atoms with Gasteiger partial charge in [-0.25, -0.2) is 4.39 Å². The Kier molecular flexibility index (Phi) is 2.30. The van der Waals surface area contributed by atoms with Crippen LogP contribution < -0.4 is 0 Å². The first-order valence-electron chi connectivity index (χ1n) is 6.85. The lowest BCUT2D eigenvalue weighted by Crippen LogP contribution is -2.35. The van der Waals surface area contributed by atoms with Gasteiger partial charge in [0, 0.05) is 18.2 Å². The topological polar surface area (TPSA) is 3.24 Å². The zero-order valence-corrected chi connectivity index (χ0v) is 11.0. The lowest BCUT2D eigenvalue weighted by atomic mass is 9.77. The molecule has 0 spiro atoms. The fourth-order valence-corrected chi connectivity index (χ4v) is 3.59. The molecule has 1 unspecified atom stereocenters. The second-order valence-electron chi connectivity index (χ2n) is 5.60. The predicted octanol–water partition coefficient (Wildman–Crippen LogP) is 3.58. The highest BCUT2D eigenvalue weighted by molar-refractivity contribution is 5.76. The van der Waals surface area contributed by atoms with Gasteiger partial charge in [-0.1, -0.05) is 30.3 Å². The minimum absolute atomic E-state index is 0.0776. The molecule has 1 nitrogen and oxygen atoms in total. The van der Waals surface area contributed by atoms with Crippen molar-refractivity contribution in [3.8, 4) is 11.1 Å². The molecule has 2 aliphatic rings. The molecule has 0 fully saturated rings. The van der Waals surface area contributed by atoms with Crippen molar-refractivity contribution in [2.45, 2.75) is 18.9 Å². The summed E-state index contributed by atoms with van der Waals surface area (Å²) >= 11 is 0. The van der Waals surface area contributed by atoms with E-state index in [1.54, 1.807) is 6.07 Å². The van der Waals surface area contributed by atoms with Crippen LogP contribution in [0, 0.1) is 5.82 Å². The summed E-state index contributed by atoms with van der Waals surface area (Å²) in [5.41, 5.74) is 5.76. The number of halogens is 1. The third kappa shape index (κ3) is 1.50. The Morgan fingerprint density at radius 2 is 1.95 bits per heavy atom. The van der Waals surface area contributed by atoms with Crippen LogP contribution >= 0.6 is 0 Å². The van der Waals surface area contributed by atoms with Gasteiger partial charge >= 0.3 is 0 Å². The van der Waals surface area contributed by atoms with Crippen molar-refractivity contribution >= 4 is 0 Å². The van der Waals surface area contributed by atoms with E-state index in [1.807, 2.05) is 12.1 Å². The molecule has 0 amide bonds. The highest BCUT2D eigenvalue weighted by Crippen LogP contribution is 2.45. The van der Waals surface area contributed by atoms with E-state index in [0.717, 1.165) is 30.5 Å². The molecule has 0 radical (unpaired) electrons. The first-order valence-corrected chi connectivity index (χ1v) is 6.85. The molecule has 0 aromatic heterocycles. The fourth-order valence-electron chi connectivity index (χ4n) is 3.59. The van der Waals surface area contributed by atoms with E-state index in [9.17, 15) is 4.39 Å². The van der Waals surface area contributed by atoms with Gasteiger partial charge < -0.3 is 0 Å². The Morgan fingerprint density at radius 3 is 2.84 bits per heavy atom. The number of likely N-dealkylation sites (N-methyl/N-ethyl adjacent to an activating group) is 1. The van der Waals surface area contributed by atoms with Crippen molar-refractivity contribution in [1.82, 2.24) is 4.90 Å².